The topological polar surface area (TPSA) is 81.0 Å². The van der Waals surface area contributed by atoms with Gasteiger partial charge < -0.3 is 24.3 Å². The number of methoxy groups -OCH3 is 3. The van der Waals surface area contributed by atoms with Crippen molar-refractivity contribution >= 4 is 12.6 Å². The predicted molar refractivity (Wildman–Crippen MR) is 53.7 cm³/mol. The number of hydrogen-bond donors (Lipinski definition) is 2. The van der Waals surface area contributed by atoms with E-state index in [-0.39, 0.29) is 17.1 Å². The van der Waals surface area contributed by atoms with E-state index >= 15 is 0 Å². The minimum atomic E-state index is -1.74. The molecule has 7 heteroatoms. The molecule has 1 rings (SSSR count). The number of ether oxygens (including phenoxy) is 3. The molecule has 0 atom stereocenters. The molecule has 0 saturated carbocycles. The van der Waals surface area contributed by atoms with Gasteiger partial charge in [-0.2, -0.15) is 0 Å². The van der Waals surface area contributed by atoms with Crippen molar-refractivity contribution in [3.63, 3.8) is 0 Å². The van der Waals surface area contributed by atoms with Gasteiger partial charge in [0.2, 0.25) is 5.88 Å². The van der Waals surface area contributed by atoms with Crippen molar-refractivity contribution in [2.75, 3.05) is 21.3 Å². The highest BCUT2D eigenvalue weighted by Gasteiger charge is 2.26. The van der Waals surface area contributed by atoms with Gasteiger partial charge in [0.1, 0.15) is 0 Å². The molecule has 0 radical (unpaired) electrons. The molecule has 0 aliphatic rings. The summed E-state index contributed by atoms with van der Waals surface area (Å²) in [5.74, 6) is 0.586. The van der Waals surface area contributed by atoms with Crippen molar-refractivity contribution < 1.29 is 24.3 Å². The maximum atomic E-state index is 9.17. The highest BCUT2D eigenvalue weighted by Crippen LogP contribution is 2.26. The highest BCUT2D eigenvalue weighted by atomic mass is 16.5. The van der Waals surface area contributed by atoms with E-state index in [0.29, 0.717) is 5.75 Å². The molecular formula is C8H12BNO5. The van der Waals surface area contributed by atoms with Crippen LogP contribution in [0, 0.1) is 0 Å². The quantitative estimate of drug-likeness (QED) is 0.610. The molecule has 0 fully saturated rings. The smallest absolute Gasteiger partial charge is 0.493 e. The summed E-state index contributed by atoms with van der Waals surface area (Å²) in [6.07, 6.45) is 1.38. The standard InChI is InChI=1S/C8H12BNO5/c1-13-5-4-10-8(15-3)6(9(11)12)7(5)14-2/h4,11-12H,1-3H3. The Morgan fingerprint density at radius 3 is 2.20 bits per heavy atom. The van der Waals surface area contributed by atoms with Crippen molar-refractivity contribution in [3.05, 3.63) is 6.20 Å². The van der Waals surface area contributed by atoms with Gasteiger partial charge in [-0.25, -0.2) is 4.98 Å². The number of nitrogens with zero attached hydrogens (tertiary/aromatic N) is 1. The normalized spacial score (nSPS) is 9.67. The Balaban J connectivity index is 3.37. The second-order valence-corrected chi connectivity index (χ2v) is 2.66. The van der Waals surface area contributed by atoms with Gasteiger partial charge in [-0.05, 0) is 0 Å². The van der Waals surface area contributed by atoms with E-state index in [2.05, 4.69) is 4.98 Å². The summed E-state index contributed by atoms with van der Waals surface area (Å²) in [6.45, 7) is 0. The third-order valence-corrected chi connectivity index (χ3v) is 1.87. The van der Waals surface area contributed by atoms with Crippen LogP contribution in [0.3, 0.4) is 0 Å². The van der Waals surface area contributed by atoms with Gasteiger partial charge in [-0.15, -0.1) is 0 Å². The average molecular weight is 213 g/mol. The Hall–Kier alpha value is -1.47. The summed E-state index contributed by atoms with van der Waals surface area (Å²) in [6, 6.07) is 0. The van der Waals surface area contributed by atoms with Gasteiger partial charge in [-0.1, -0.05) is 0 Å². The van der Waals surface area contributed by atoms with Gasteiger partial charge in [0, 0.05) is 0 Å². The van der Waals surface area contributed by atoms with Crippen molar-refractivity contribution in [3.8, 4) is 17.4 Å². The van der Waals surface area contributed by atoms with Crippen LogP contribution in [0.2, 0.25) is 0 Å². The fourth-order valence-electron chi connectivity index (χ4n) is 1.22. The summed E-state index contributed by atoms with van der Waals surface area (Å²) in [5, 5.41) is 18.3. The molecule has 0 spiro atoms. The van der Waals surface area contributed by atoms with E-state index in [9.17, 15) is 0 Å². The molecule has 0 amide bonds. The first-order valence-corrected chi connectivity index (χ1v) is 4.16. The molecule has 15 heavy (non-hydrogen) atoms. The van der Waals surface area contributed by atoms with Crippen molar-refractivity contribution in [2.24, 2.45) is 0 Å². The Labute approximate surface area is 87.6 Å². The third-order valence-electron chi connectivity index (χ3n) is 1.87. The number of pyridine rings is 1. The van der Waals surface area contributed by atoms with E-state index in [1.165, 1.54) is 27.5 Å². The molecule has 0 saturated heterocycles. The van der Waals surface area contributed by atoms with Crippen LogP contribution in [0.15, 0.2) is 6.20 Å². The first kappa shape index (κ1) is 11.6. The maximum Gasteiger partial charge on any atom is 0.498 e. The third kappa shape index (κ3) is 2.13. The predicted octanol–water partition coefficient (Wildman–Crippen LogP) is -1.21. The molecular weight excluding hydrogens is 201 g/mol. The van der Waals surface area contributed by atoms with Crippen LogP contribution in [0.5, 0.6) is 17.4 Å². The molecule has 6 nitrogen and oxygen atoms in total. The first-order chi connectivity index (χ1) is 7.15. The van der Waals surface area contributed by atoms with Gasteiger partial charge in [0.05, 0.1) is 33.0 Å². The fraction of sp³-hybridized carbons (Fsp3) is 0.375. The summed E-state index contributed by atoms with van der Waals surface area (Å²) >= 11 is 0. The lowest BCUT2D eigenvalue weighted by molar-refractivity contribution is 0.342. The molecule has 2 N–H and O–H groups in total. The summed E-state index contributed by atoms with van der Waals surface area (Å²) in [7, 11) is 2.46. The minimum absolute atomic E-state index is 0.0411. The van der Waals surface area contributed by atoms with Gasteiger partial charge in [0.15, 0.2) is 11.5 Å². The minimum Gasteiger partial charge on any atom is -0.493 e. The van der Waals surface area contributed by atoms with Crippen molar-refractivity contribution in [1.82, 2.24) is 4.98 Å². The molecule has 0 bridgehead atoms. The zero-order valence-corrected chi connectivity index (χ0v) is 8.72. The second-order valence-electron chi connectivity index (χ2n) is 2.66. The molecule has 1 heterocycles. The molecule has 0 unspecified atom stereocenters. The Morgan fingerprint density at radius 1 is 1.13 bits per heavy atom. The van der Waals surface area contributed by atoms with E-state index in [4.69, 9.17) is 24.3 Å². The number of rotatable bonds is 4. The lowest BCUT2D eigenvalue weighted by Gasteiger charge is -2.14. The lowest BCUT2D eigenvalue weighted by Crippen LogP contribution is -2.33. The highest BCUT2D eigenvalue weighted by molar-refractivity contribution is 6.61. The molecule has 0 aromatic carbocycles. The maximum absolute atomic E-state index is 9.17. The number of aromatic nitrogens is 1. The molecule has 1 aromatic rings. The lowest BCUT2D eigenvalue weighted by atomic mass is 9.80. The second kappa shape index (κ2) is 4.85. The number of hydrogen-bond acceptors (Lipinski definition) is 6. The Kier molecular flexibility index (Phi) is 3.76. The average Bonchev–Trinajstić information content (AvgIpc) is 2.26. The van der Waals surface area contributed by atoms with Gasteiger partial charge >= 0.3 is 7.12 Å². The summed E-state index contributed by atoms with van der Waals surface area (Å²) in [5.41, 5.74) is 0.0411. The van der Waals surface area contributed by atoms with Crippen LogP contribution >= 0.6 is 0 Å². The fourth-order valence-corrected chi connectivity index (χ4v) is 1.22. The van der Waals surface area contributed by atoms with Crippen LogP contribution in [0.4, 0.5) is 0 Å². The molecule has 82 valence electrons. The molecule has 0 aliphatic heterocycles. The largest absolute Gasteiger partial charge is 0.498 e. The zero-order chi connectivity index (χ0) is 11.4. The summed E-state index contributed by atoms with van der Waals surface area (Å²) in [4.78, 5) is 3.85. The van der Waals surface area contributed by atoms with Gasteiger partial charge in [0.25, 0.3) is 0 Å². The monoisotopic (exact) mass is 213 g/mol. The Bertz CT molecular complexity index is 344. The van der Waals surface area contributed by atoms with Crippen LogP contribution in [-0.4, -0.2) is 43.5 Å². The van der Waals surface area contributed by atoms with E-state index in [1.54, 1.807) is 0 Å². The van der Waals surface area contributed by atoms with E-state index in [1.807, 2.05) is 0 Å². The summed E-state index contributed by atoms with van der Waals surface area (Å²) < 4.78 is 14.8. The van der Waals surface area contributed by atoms with Crippen LogP contribution in [0.25, 0.3) is 0 Å². The van der Waals surface area contributed by atoms with E-state index in [0.717, 1.165) is 0 Å². The molecule has 1 aromatic heterocycles. The van der Waals surface area contributed by atoms with Crippen molar-refractivity contribution in [1.29, 1.82) is 0 Å². The van der Waals surface area contributed by atoms with Crippen molar-refractivity contribution in [2.45, 2.75) is 0 Å². The zero-order valence-electron chi connectivity index (χ0n) is 8.72. The SMILES string of the molecule is COc1cnc(OC)c(B(O)O)c1OC. The van der Waals surface area contributed by atoms with Crippen LogP contribution < -0.4 is 19.7 Å². The van der Waals surface area contributed by atoms with Gasteiger partial charge in [-0.3, -0.25) is 0 Å². The van der Waals surface area contributed by atoms with Crippen LogP contribution in [-0.2, 0) is 0 Å². The molecule has 0 aliphatic carbocycles. The van der Waals surface area contributed by atoms with Crippen LogP contribution in [0.1, 0.15) is 0 Å². The first-order valence-electron chi connectivity index (χ1n) is 4.16. The van der Waals surface area contributed by atoms with E-state index < -0.39 is 7.12 Å². The Morgan fingerprint density at radius 2 is 1.80 bits per heavy atom.